The summed E-state index contributed by atoms with van der Waals surface area (Å²) in [4.78, 5) is 0. The Hall–Kier alpha value is -0.860. The maximum absolute atomic E-state index is 9.33. The molecule has 1 aliphatic heterocycles. The summed E-state index contributed by atoms with van der Waals surface area (Å²) in [5.74, 6) is 0.802. The smallest absolute Gasteiger partial charge is 0.159 e. The quantitative estimate of drug-likeness (QED) is 0.791. The molecule has 1 fully saturated rings. The molecule has 2 rings (SSSR count). The molecule has 0 spiro atoms. The van der Waals surface area contributed by atoms with Crippen LogP contribution in [0.4, 0.5) is 0 Å². The van der Waals surface area contributed by atoms with Crippen LogP contribution in [0, 0.1) is 11.8 Å². The summed E-state index contributed by atoms with van der Waals surface area (Å²) in [6.07, 6.45) is 0.486. The first-order valence-electron chi connectivity index (χ1n) is 5.11. The molecule has 0 aliphatic carbocycles. The van der Waals surface area contributed by atoms with Gasteiger partial charge in [-0.3, -0.25) is 0 Å². The largest absolute Gasteiger partial charge is 0.368 e. The summed E-state index contributed by atoms with van der Waals surface area (Å²) in [5.41, 5.74) is 1.33. The second kappa shape index (κ2) is 4.11. The minimum absolute atomic E-state index is 0.315. The fourth-order valence-corrected chi connectivity index (χ4v) is 1.88. The Bertz CT molecular complexity index is 284. The molecule has 0 radical (unpaired) electrons. The van der Waals surface area contributed by atoms with Crippen molar-refractivity contribution in [3.63, 3.8) is 0 Å². The Morgan fingerprint density at radius 3 is 2.64 bits per heavy atom. The molecule has 1 heterocycles. The lowest BCUT2D eigenvalue weighted by Crippen LogP contribution is -2.43. The lowest BCUT2D eigenvalue weighted by molar-refractivity contribution is -0.245. The van der Waals surface area contributed by atoms with E-state index in [2.05, 4.69) is 31.2 Å². The highest BCUT2D eigenvalue weighted by Crippen LogP contribution is 2.28. The molecule has 1 aromatic rings. The van der Waals surface area contributed by atoms with Crippen molar-refractivity contribution in [2.75, 3.05) is 6.61 Å². The van der Waals surface area contributed by atoms with E-state index in [9.17, 15) is 5.11 Å². The molecular weight excluding hydrogens is 176 g/mol. The van der Waals surface area contributed by atoms with Crippen molar-refractivity contribution in [1.82, 2.24) is 0 Å². The summed E-state index contributed by atoms with van der Waals surface area (Å²) >= 11 is 0. The third-order valence-electron chi connectivity index (χ3n) is 2.96. The van der Waals surface area contributed by atoms with Crippen LogP contribution in [0.5, 0.6) is 0 Å². The Balaban J connectivity index is 1.91. The molecule has 0 aromatic heterocycles. The number of rotatable bonds is 3. The van der Waals surface area contributed by atoms with Crippen LogP contribution in [0.15, 0.2) is 30.3 Å². The zero-order valence-corrected chi connectivity index (χ0v) is 8.39. The van der Waals surface area contributed by atoms with Crippen LogP contribution in [0.25, 0.3) is 0 Å². The topological polar surface area (TPSA) is 29.5 Å². The van der Waals surface area contributed by atoms with Crippen molar-refractivity contribution in [1.29, 1.82) is 0 Å². The highest BCUT2D eigenvalue weighted by molar-refractivity contribution is 5.15. The highest BCUT2D eigenvalue weighted by Gasteiger charge is 2.34. The molecule has 0 saturated carbocycles. The van der Waals surface area contributed by atoms with Crippen LogP contribution in [0.2, 0.25) is 0 Å². The van der Waals surface area contributed by atoms with Crippen molar-refractivity contribution in [2.45, 2.75) is 19.6 Å². The second-order valence-corrected chi connectivity index (χ2v) is 4.05. The lowest BCUT2D eigenvalue weighted by Gasteiger charge is -2.37. The summed E-state index contributed by atoms with van der Waals surface area (Å²) in [7, 11) is 0. The van der Waals surface area contributed by atoms with Gasteiger partial charge in [0.05, 0.1) is 6.61 Å². The highest BCUT2D eigenvalue weighted by atomic mass is 16.6. The normalized spacial score (nSPS) is 28.1. The summed E-state index contributed by atoms with van der Waals surface area (Å²) < 4.78 is 4.96. The SMILES string of the molecule is CC(Cc1ccccc1)C1COC1O. The number of benzene rings is 1. The van der Waals surface area contributed by atoms with Crippen LogP contribution in [-0.2, 0) is 11.2 Å². The number of ether oxygens (including phenoxy) is 1. The standard InChI is InChI=1S/C12H16O2/c1-9(11-8-14-12(11)13)7-10-5-3-2-4-6-10/h2-6,9,11-13H,7-8H2,1H3. The molecule has 1 saturated heterocycles. The first-order chi connectivity index (χ1) is 6.77. The first kappa shape index (κ1) is 9.69. The molecule has 0 amide bonds. The molecule has 76 valence electrons. The van der Waals surface area contributed by atoms with Gasteiger partial charge in [-0.2, -0.15) is 0 Å². The van der Waals surface area contributed by atoms with Crippen molar-refractivity contribution >= 4 is 0 Å². The van der Waals surface area contributed by atoms with Gasteiger partial charge in [-0.15, -0.1) is 0 Å². The number of hydrogen-bond donors (Lipinski definition) is 1. The van der Waals surface area contributed by atoms with Crippen LogP contribution >= 0.6 is 0 Å². The van der Waals surface area contributed by atoms with Gasteiger partial charge >= 0.3 is 0 Å². The molecule has 1 aromatic carbocycles. The fraction of sp³-hybridized carbons (Fsp3) is 0.500. The molecule has 0 bridgehead atoms. The Kier molecular flexibility index (Phi) is 2.85. The van der Waals surface area contributed by atoms with Gasteiger partial charge in [0.2, 0.25) is 0 Å². The zero-order chi connectivity index (χ0) is 9.97. The van der Waals surface area contributed by atoms with Gasteiger partial charge in [0, 0.05) is 5.92 Å². The molecule has 2 heteroatoms. The second-order valence-electron chi connectivity index (χ2n) is 4.05. The van der Waals surface area contributed by atoms with E-state index in [1.165, 1.54) is 5.56 Å². The predicted octanol–water partition coefficient (Wildman–Crippen LogP) is 1.83. The van der Waals surface area contributed by atoms with Crippen molar-refractivity contribution in [3.05, 3.63) is 35.9 Å². The van der Waals surface area contributed by atoms with Gasteiger partial charge in [-0.05, 0) is 17.9 Å². The average Bonchev–Trinajstić information content (AvgIpc) is 2.17. The van der Waals surface area contributed by atoms with Gasteiger partial charge < -0.3 is 9.84 Å². The number of aliphatic hydroxyl groups is 1. The van der Waals surface area contributed by atoms with E-state index in [-0.39, 0.29) is 0 Å². The van der Waals surface area contributed by atoms with Gasteiger partial charge in [0.15, 0.2) is 6.29 Å². The Morgan fingerprint density at radius 1 is 1.43 bits per heavy atom. The van der Waals surface area contributed by atoms with Gasteiger partial charge in [0.1, 0.15) is 0 Å². The van der Waals surface area contributed by atoms with Crippen molar-refractivity contribution < 1.29 is 9.84 Å². The summed E-state index contributed by atoms with van der Waals surface area (Å²) in [5, 5.41) is 9.33. The maximum atomic E-state index is 9.33. The van der Waals surface area contributed by atoms with E-state index in [4.69, 9.17) is 4.74 Å². The Morgan fingerprint density at radius 2 is 2.14 bits per heavy atom. The average molecular weight is 192 g/mol. The lowest BCUT2D eigenvalue weighted by atomic mass is 9.86. The van der Waals surface area contributed by atoms with E-state index in [0.717, 1.165) is 6.42 Å². The minimum atomic E-state index is -0.534. The third-order valence-corrected chi connectivity index (χ3v) is 2.96. The molecule has 3 atom stereocenters. The Labute approximate surface area is 84.5 Å². The van der Waals surface area contributed by atoms with E-state index in [0.29, 0.717) is 18.4 Å². The number of aliphatic hydroxyl groups excluding tert-OH is 1. The first-order valence-corrected chi connectivity index (χ1v) is 5.11. The van der Waals surface area contributed by atoms with Crippen LogP contribution < -0.4 is 0 Å². The van der Waals surface area contributed by atoms with Crippen LogP contribution in [-0.4, -0.2) is 18.0 Å². The maximum Gasteiger partial charge on any atom is 0.159 e. The van der Waals surface area contributed by atoms with E-state index in [1.54, 1.807) is 0 Å². The van der Waals surface area contributed by atoms with Crippen LogP contribution in [0.1, 0.15) is 12.5 Å². The van der Waals surface area contributed by atoms with Crippen molar-refractivity contribution in [2.24, 2.45) is 11.8 Å². The van der Waals surface area contributed by atoms with Crippen LogP contribution in [0.3, 0.4) is 0 Å². The molecular formula is C12H16O2. The van der Waals surface area contributed by atoms with E-state index >= 15 is 0 Å². The summed E-state index contributed by atoms with van der Waals surface area (Å²) in [6.45, 7) is 2.87. The van der Waals surface area contributed by atoms with Gasteiger partial charge in [-0.25, -0.2) is 0 Å². The molecule has 3 unspecified atom stereocenters. The predicted molar refractivity (Wildman–Crippen MR) is 54.8 cm³/mol. The van der Waals surface area contributed by atoms with Gasteiger partial charge in [0.25, 0.3) is 0 Å². The van der Waals surface area contributed by atoms with Crippen molar-refractivity contribution in [3.8, 4) is 0 Å². The fourth-order valence-electron chi connectivity index (χ4n) is 1.88. The molecule has 1 aliphatic rings. The monoisotopic (exact) mass is 192 g/mol. The zero-order valence-electron chi connectivity index (χ0n) is 8.39. The number of hydrogen-bond acceptors (Lipinski definition) is 2. The minimum Gasteiger partial charge on any atom is -0.368 e. The molecule has 2 nitrogen and oxygen atoms in total. The third kappa shape index (κ3) is 1.97. The van der Waals surface area contributed by atoms with Gasteiger partial charge in [-0.1, -0.05) is 37.3 Å². The molecule has 1 N–H and O–H groups in total. The molecule has 14 heavy (non-hydrogen) atoms. The summed E-state index contributed by atoms with van der Waals surface area (Å²) in [6, 6.07) is 10.4. The van der Waals surface area contributed by atoms with E-state index in [1.807, 2.05) is 6.07 Å². The van der Waals surface area contributed by atoms with E-state index < -0.39 is 6.29 Å².